The molecule has 1 aliphatic heterocycles. The highest BCUT2D eigenvalue weighted by atomic mass is 19.4. The minimum absolute atomic E-state index is 0.141. The Kier molecular flexibility index (Phi) is 4.41. The summed E-state index contributed by atoms with van der Waals surface area (Å²) in [5.41, 5.74) is -1.09. The largest absolute Gasteiger partial charge is 0.418 e. The second kappa shape index (κ2) is 5.93. The van der Waals surface area contributed by atoms with E-state index in [1.54, 1.807) is 0 Å². The van der Waals surface area contributed by atoms with Crippen molar-refractivity contribution in [3.05, 3.63) is 29.8 Å². The number of morpholine rings is 1. The van der Waals surface area contributed by atoms with E-state index < -0.39 is 17.8 Å². The summed E-state index contributed by atoms with van der Waals surface area (Å²) in [6, 6.07) is 4.38. The van der Waals surface area contributed by atoms with Crippen molar-refractivity contribution in [2.24, 2.45) is 0 Å². The number of urea groups is 1. The zero-order valence-electron chi connectivity index (χ0n) is 11.8. The fourth-order valence-electron chi connectivity index (χ4n) is 2.38. The molecule has 2 atom stereocenters. The first kappa shape index (κ1) is 15.6. The van der Waals surface area contributed by atoms with Crippen LogP contribution in [0.25, 0.3) is 0 Å². The summed E-state index contributed by atoms with van der Waals surface area (Å²) >= 11 is 0. The third kappa shape index (κ3) is 3.87. The average molecular weight is 302 g/mol. The van der Waals surface area contributed by atoms with Gasteiger partial charge in [-0.25, -0.2) is 4.79 Å². The van der Waals surface area contributed by atoms with Gasteiger partial charge in [-0.05, 0) is 26.0 Å². The molecule has 21 heavy (non-hydrogen) atoms. The Balaban J connectivity index is 2.13. The van der Waals surface area contributed by atoms with Crippen molar-refractivity contribution in [3.8, 4) is 0 Å². The third-order valence-corrected chi connectivity index (χ3v) is 3.18. The normalized spacial score (nSPS) is 23.0. The van der Waals surface area contributed by atoms with Gasteiger partial charge in [-0.1, -0.05) is 12.1 Å². The van der Waals surface area contributed by atoms with Gasteiger partial charge >= 0.3 is 12.2 Å². The number of nitrogens with zero attached hydrogens (tertiary/aromatic N) is 1. The van der Waals surface area contributed by atoms with Crippen LogP contribution >= 0.6 is 0 Å². The van der Waals surface area contributed by atoms with Gasteiger partial charge in [0, 0.05) is 13.1 Å². The molecule has 1 aliphatic rings. The number of carbonyl (C=O) groups is 1. The lowest BCUT2D eigenvalue weighted by molar-refractivity contribution is -0.136. The van der Waals surface area contributed by atoms with Crippen LogP contribution in [-0.4, -0.2) is 36.2 Å². The molecule has 2 rings (SSSR count). The van der Waals surface area contributed by atoms with Gasteiger partial charge in [-0.2, -0.15) is 13.2 Å². The molecule has 1 aromatic rings. The molecule has 1 fully saturated rings. The Morgan fingerprint density at radius 2 is 1.81 bits per heavy atom. The molecule has 0 spiro atoms. The Bertz CT molecular complexity index is 509. The summed E-state index contributed by atoms with van der Waals surface area (Å²) < 4.78 is 44.1. The minimum atomic E-state index is -4.50. The molecule has 1 heterocycles. The van der Waals surface area contributed by atoms with Crippen molar-refractivity contribution in [1.82, 2.24) is 4.90 Å². The van der Waals surface area contributed by atoms with E-state index in [-0.39, 0.29) is 17.9 Å². The number of hydrogen-bond acceptors (Lipinski definition) is 2. The number of rotatable bonds is 1. The summed E-state index contributed by atoms with van der Waals surface area (Å²) in [6.07, 6.45) is -4.79. The molecule has 116 valence electrons. The Morgan fingerprint density at radius 3 is 2.38 bits per heavy atom. The van der Waals surface area contributed by atoms with Gasteiger partial charge < -0.3 is 15.0 Å². The van der Waals surface area contributed by atoms with E-state index in [0.717, 1.165) is 6.07 Å². The number of halogens is 3. The molecular formula is C14H17F3N2O2. The van der Waals surface area contributed by atoms with Crippen LogP contribution in [0, 0.1) is 0 Å². The number of carbonyl (C=O) groups excluding carboxylic acids is 1. The number of ether oxygens (including phenoxy) is 1. The molecular weight excluding hydrogens is 285 g/mol. The topological polar surface area (TPSA) is 41.6 Å². The summed E-state index contributed by atoms with van der Waals surface area (Å²) in [6.45, 7) is 4.34. The van der Waals surface area contributed by atoms with Crippen molar-refractivity contribution in [2.45, 2.75) is 32.2 Å². The van der Waals surface area contributed by atoms with Crippen molar-refractivity contribution >= 4 is 11.7 Å². The van der Waals surface area contributed by atoms with Crippen LogP contribution in [0.5, 0.6) is 0 Å². The highest BCUT2D eigenvalue weighted by Crippen LogP contribution is 2.34. The molecule has 1 N–H and O–H groups in total. The van der Waals surface area contributed by atoms with Crippen LogP contribution in [-0.2, 0) is 10.9 Å². The summed E-state index contributed by atoms with van der Waals surface area (Å²) in [5.74, 6) is 0. The van der Waals surface area contributed by atoms with Gasteiger partial charge in [0.2, 0.25) is 0 Å². The highest BCUT2D eigenvalue weighted by Gasteiger charge is 2.34. The predicted molar refractivity (Wildman–Crippen MR) is 72.0 cm³/mol. The predicted octanol–water partition coefficient (Wildman–Crippen LogP) is 3.35. The van der Waals surface area contributed by atoms with E-state index >= 15 is 0 Å². The van der Waals surface area contributed by atoms with Crippen LogP contribution in [0.15, 0.2) is 24.3 Å². The molecule has 0 aromatic heterocycles. The first-order chi connectivity index (χ1) is 9.77. The van der Waals surface area contributed by atoms with Crippen LogP contribution < -0.4 is 5.32 Å². The number of alkyl halides is 3. The maximum absolute atomic E-state index is 12.9. The second-order valence-corrected chi connectivity index (χ2v) is 5.14. The zero-order chi connectivity index (χ0) is 15.6. The van der Waals surface area contributed by atoms with Crippen molar-refractivity contribution in [3.63, 3.8) is 0 Å². The smallest absolute Gasteiger partial charge is 0.372 e. The molecule has 0 saturated carbocycles. The SMILES string of the molecule is C[C@H]1CN(C(=O)Nc2ccccc2C(F)(F)F)C[C@H](C)O1. The number of nitrogens with one attached hydrogen (secondary N) is 1. The fourth-order valence-corrected chi connectivity index (χ4v) is 2.38. The van der Waals surface area contributed by atoms with Crippen molar-refractivity contribution in [2.75, 3.05) is 18.4 Å². The van der Waals surface area contributed by atoms with Crippen molar-refractivity contribution < 1.29 is 22.7 Å². The van der Waals surface area contributed by atoms with E-state index in [2.05, 4.69) is 5.32 Å². The molecule has 7 heteroatoms. The number of amides is 2. The van der Waals surface area contributed by atoms with Crippen LogP contribution in [0.4, 0.5) is 23.7 Å². The highest BCUT2D eigenvalue weighted by molar-refractivity contribution is 5.90. The van der Waals surface area contributed by atoms with Crippen LogP contribution in [0.3, 0.4) is 0 Å². The van der Waals surface area contributed by atoms with Gasteiger partial charge in [-0.15, -0.1) is 0 Å². The maximum atomic E-state index is 12.9. The number of benzene rings is 1. The maximum Gasteiger partial charge on any atom is 0.418 e. The molecule has 4 nitrogen and oxygen atoms in total. The van der Waals surface area contributed by atoms with Gasteiger partial charge in [0.05, 0.1) is 23.5 Å². The average Bonchev–Trinajstić information content (AvgIpc) is 2.37. The summed E-state index contributed by atoms with van der Waals surface area (Å²) in [7, 11) is 0. The lowest BCUT2D eigenvalue weighted by atomic mass is 10.1. The molecule has 1 saturated heterocycles. The Hall–Kier alpha value is -1.76. The minimum Gasteiger partial charge on any atom is -0.372 e. The van der Waals surface area contributed by atoms with E-state index in [9.17, 15) is 18.0 Å². The van der Waals surface area contributed by atoms with E-state index in [4.69, 9.17) is 4.74 Å². The van der Waals surface area contributed by atoms with Gasteiger partial charge in [-0.3, -0.25) is 0 Å². The number of para-hydroxylation sites is 1. The summed E-state index contributed by atoms with van der Waals surface area (Å²) in [4.78, 5) is 13.6. The van der Waals surface area contributed by atoms with E-state index in [0.29, 0.717) is 13.1 Å². The molecule has 0 bridgehead atoms. The fraction of sp³-hybridized carbons (Fsp3) is 0.500. The summed E-state index contributed by atoms with van der Waals surface area (Å²) in [5, 5.41) is 2.34. The quantitative estimate of drug-likeness (QED) is 0.864. The van der Waals surface area contributed by atoms with Gasteiger partial charge in [0.1, 0.15) is 0 Å². The lowest BCUT2D eigenvalue weighted by Gasteiger charge is -2.35. The number of anilines is 1. The zero-order valence-corrected chi connectivity index (χ0v) is 11.8. The molecule has 0 unspecified atom stereocenters. The van der Waals surface area contributed by atoms with Crippen molar-refractivity contribution in [1.29, 1.82) is 0 Å². The lowest BCUT2D eigenvalue weighted by Crippen LogP contribution is -2.49. The first-order valence-corrected chi connectivity index (χ1v) is 6.65. The van der Waals surface area contributed by atoms with Gasteiger partial charge in [0.25, 0.3) is 0 Å². The van der Waals surface area contributed by atoms with E-state index in [1.807, 2.05) is 13.8 Å². The second-order valence-electron chi connectivity index (χ2n) is 5.14. The van der Waals surface area contributed by atoms with Crippen LogP contribution in [0.2, 0.25) is 0 Å². The number of hydrogen-bond donors (Lipinski definition) is 1. The molecule has 0 aliphatic carbocycles. The Labute approximate surface area is 120 Å². The van der Waals surface area contributed by atoms with Gasteiger partial charge in [0.15, 0.2) is 0 Å². The third-order valence-electron chi connectivity index (χ3n) is 3.18. The first-order valence-electron chi connectivity index (χ1n) is 6.65. The van der Waals surface area contributed by atoms with Crippen LogP contribution in [0.1, 0.15) is 19.4 Å². The molecule has 2 amide bonds. The Morgan fingerprint density at radius 1 is 1.24 bits per heavy atom. The molecule has 0 radical (unpaired) electrons. The van der Waals surface area contributed by atoms with E-state index in [1.165, 1.54) is 23.1 Å². The molecule has 1 aromatic carbocycles. The monoisotopic (exact) mass is 302 g/mol. The standard InChI is InChI=1S/C14H17F3N2O2/c1-9-7-19(8-10(2)21-9)13(20)18-12-6-4-3-5-11(12)14(15,16)17/h3-6,9-10H,7-8H2,1-2H3,(H,18,20)/t9-,10-/m0/s1.